The number of benzene rings is 1. The number of ether oxygens (including phenoxy) is 2. The van der Waals surface area contributed by atoms with Crippen LogP contribution in [0.25, 0.3) is 11.5 Å². The Morgan fingerprint density at radius 1 is 1.28 bits per heavy atom. The normalized spacial score (nSPS) is 16.1. The van der Waals surface area contributed by atoms with Crippen LogP contribution in [-0.2, 0) is 20.7 Å². The molecule has 2 aromatic rings. The first kappa shape index (κ1) is 17.6. The molecule has 1 aromatic heterocycles. The van der Waals surface area contributed by atoms with Crippen LogP contribution in [-0.4, -0.2) is 36.4 Å². The lowest BCUT2D eigenvalue weighted by Gasteiger charge is -2.22. The molecule has 0 radical (unpaired) electrons. The van der Waals surface area contributed by atoms with Gasteiger partial charge in [0.05, 0.1) is 25.3 Å². The van der Waals surface area contributed by atoms with Crippen molar-refractivity contribution >= 4 is 5.91 Å². The fourth-order valence-electron chi connectivity index (χ4n) is 2.84. The third-order valence-electron chi connectivity index (χ3n) is 4.29. The summed E-state index contributed by atoms with van der Waals surface area (Å²) >= 11 is 0. The molecule has 6 heteroatoms. The predicted molar refractivity (Wildman–Crippen MR) is 93.1 cm³/mol. The van der Waals surface area contributed by atoms with E-state index < -0.39 is 5.79 Å². The van der Waals surface area contributed by atoms with Crippen LogP contribution < -0.4 is 5.32 Å². The Hall–Kier alpha value is -2.18. The number of carbonyl (C=O) groups excluding carboxylic acids is 1. The molecule has 0 bridgehead atoms. The summed E-state index contributed by atoms with van der Waals surface area (Å²) < 4.78 is 16.8. The number of rotatable bonds is 6. The Kier molecular flexibility index (Phi) is 5.20. The molecule has 1 fully saturated rings. The maximum absolute atomic E-state index is 12.2. The Morgan fingerprint density at radius 3 is 2.76 bits per heavy atom. The fourth-order valence-corrected chi connectivity index (χ4v) is 2.84. The van der Waals surface area contributed by atoms with Crippen LogP contribution in [0.3, 0.4) is 0 Å². The third kappa shape index (κ3) is 4.46. The summed E-state index contributed by atoms with van der Waals surface area (Å²) in [5.41, 5.74) is 2.71. The van der Waals surface area contributed by atoms with E-state index in [2.05, 4.69) is 10.3 Å². The second-order valence-corrected chi connectivity index (χ2v) is 6.50. The number of amides is 1. The standard InChI is InChI=1S/C19H24N2O4/c1-13-5-4-6-15(11-13)18-21-16(14(2)25-18)12-17(22)20-8-7-19(3)23-9-10-24-19/h4-6,11H,7-10,12H2,1-3H3,(H,20,22). The molecule has 1 aromatic carbocycles. The molecule has 1 amide bonds. The van der Waals surface area contributed by atoms with Gasteiger partial charge in [-0.1, -0.05) is 17.7 Å². The first-order chi connectivity index (χ1) is 12.0. The Bertz CT molecular complexity index is 748. The van der Waals surface area contributed by atoms with Gasteiger partial charge in [-0.3, -0.25) is 4.79 Å². The Labute approximate surface area is 147 Å². The summed E-state index contributed by atoms with van der Waals surface area (Å²) in [4.78, 5) is 16.7. The molecule has 0 atom stereocenters. The van der Waals surface area contributed by atoms with Crippen molar-refractivity contribution in [2.45, 2.75) is 39.4 Å². The highest BCUT2D eigenvalue weighted by molar-refractivity contribution is 5.78. The minimum absolute atomic E-state index is 0.0891. The third-order valence-corrected chi connectivity index (χ3v) is 4.29. The van der Waals surface area contributed by atoms with Gasteiger partial charge in [0.2, 0.25) is 11.8 Å². The van der Waals surface area contributed by atoms with E-state index in [4.69, 9.17) is 13.9 Å². The second-order valence-electron chi connectivity index (χ2n) is 6.50. The van der Waals surface area contributed by atoms with Crippen LogP contribution in [0.1, 0.15) is 30.4 Å². The zero-order chi connectivity index (χ0) is 17.9. The highest BCUT2D eigenvalue weighted by atomic mass is 16.7. The van der Waals surface area contributed by atoms with Gasteiger partial charge in [0, 0.05) is 18.5 Å². The summed E-state index contributed by atoms with van der Waals surface area (Å²) in [5.74, 6) is 0.536. The highest BCUT2D eigenvalue weighted by Crippen LogP contribution is 2.23. The lowest BCUT2D eigenvalue weighted by atomic mass is 10.1. The smallest absolute Gasteiger partial charge is 0.226 e. The van der Waals surface area contributed by atoms with Crippen molar-refractivity contribution < 1.29 is 18.7 Å². The molecular formula is C19H24N2O4. The summed E-state index contributed by atoms with van der Waals surface area (Å²) in [6.07, 6.45) is 0.810. The Balaban J connectivity index is 1.56. The van der Waals surface area contributed by atoms with Gasteiger partial charge < -0.3 is 19.2 Å². The van der Waals surface area contributed by atoms with Crippen molar-refractivity contribution in [1.29, 1.82) is 0 Å². The molecule has 3 rings (SSSR count). The SMILES string of the molecule is Cc1cccc(-c2nc(CC(=O)NCCC3(C)OCCO3)c(C)o2)c1. The summed E-state index contributed by atoms with van der Waals surface area (Å²) in [6, 6.07) is 7.94. The van der Waals surface area contributed by atoms with Gasteiger partial charge in [0.15, 0.2) is 5.79 Å². The number of aryl methyl sites for hydroxylation is 2. The molecule has 0 aliphatic carbocycles. The van der Waals surface area contributed by atoms with E-state index in [0.717, 1.165) is 11.1 Å². The number of nitrogens with one attached hydrogen (secondary N) is 1. The van der Waals surface area contributed by atoms with Crippen LogP contribution in [0.5, 0.6) is 0 Å². The van der Waals surface area contributed by atoms with Gasteiger partial charge in [-0.15, -0.1) is 0 Å². The van der Waals surface area contributed by atoms with Crippen LogP contribution in [0.15, 0.2) is 28.7 Å². The topological polar surface area (TPSA) is 73.6 Å². The largest absolute Gasteiger partial charge is 0.441 e. The average Bonchev–Trinajstić information content (AvgIpc) is 3.14. The molecule has 134 valence electrons. The number of aromatic nitrogens is 1. The summed E-state index contributed by atoms with van der Waals surface area (Å²) in [7, 11) is 0. The van der Waals surface area contributed by atoms with Crippen molar-refractivity contribution in [2.75, 3.05) is 19.8 Å². The number of nitrogens with zero attached hydrogens (tertiary/aromatic N) is 1. The van der Waals surface area contributed by atoms with Crippen molar-refractivity contribution in [3.8, 4) is 11.5 Å². The summed E-state index contributed by atoms with van der Waals surface area (Å²) in [6.45, 7) is 7.44. The van der Waals surface area contributed by atoms with E-state index >= 15 is 0 Å². The fraction of sp³-hybridized carbons (Fsp3) is 0.474. The van der Waals surface area contributed by atoms with Crippen molar-refractivity contribution in [1.82, 2.24) is 10.3 Å². The molecule has 0 unspecified atom stereocenters. The van der Waals surface area contributed by atoms with E-state index in [-0.39, 0.29) is 12.3 Å². The molecular weight excluding hydrogens is 320 g/mol. The maximum atomic E-state index is 12.2. The van der Waals surface area contributed by atoms with Crippen LogP contribution in [0.4, 0.5) is 0 Å². The molecule has 25 heavy (non-hydrogen) atoms. The van der Waals surface area contributed by atoms with Crippen LogP contribution >= 0.6 is 0 Å². The van der Waals surface area contributed by atoms with Gasteiger partial charge in [-0.05, 0) is 32.9 Å². The second kappa shape index (κ2) is 7.37. The molecule has 1 N–H and O–H groups in total. The molecule has 0 saturated carbocycles. The van der Waals surface area contributed by atoms with Crippen molar-refractivity contribution in [3.63, 3.8) is 0 Å². The van der Waals surface area contributed by atoms with E-state index in [1.165, 1.54) is 0 Å². The van der Waals surface area contributed by atoms with E-state index in [1.807, 2.05) is 45.0 Å². The maximum Gasteiger partial charge on any atom is 0.226 e. The average molecular weight is 344 g/mol. The van der Waals surface area contributed by atoms with E-state index in [0.29, 0.717) is 43.5 Å². The molecule has 0 spiro atoms. The van der Waals surface area contributed by atoms with Gasteiger partial charge in [-0.25, -0.2) is 4.98 Å². The number of oxazole rings is 1. The lowest BCUT2D eigenvalue weighted by molar-refractivity contribution is -0.146. The minimum atomic E-state index is -0.588. The molecule has 2 heterocycles. The number of hydrogen-bond acceptors (Lipinski definition) is 5. The molecule has 1 saturated heterocycles. The molecule has 1 aliphatic heterocycles. The molecule has 1 aliphatic rings. The number of hydrogen-bond donors (Lipinski definition) is 1. The van der Waals surface area contributed by atoms with Gasteiger partial charge >= 0.3 is 0 Å². The van der Waals surface area contributed by atoms with Crippen molar-refractivity contribution in [2.24, 2.45) is 0 Å². The monoisotopic (exact) mass is 344 g/mol. The summed E-state index contributed by atoms with van der Waals surface area (Å²) in [5, 5.41) is 2.89. The first-order valence-corrected chi connectivity index (χ1v) is 8.53. The molecule has 6 nitrogen and oxygen atoms in total. The van der Waals surface area contributed by atoms with E-state index in [1.54, 1.807) is 0 Å². The van der Waals surface area contributed by atoms with Gasteiger partial charge in [0.25, 0.3) is 0 Å². The number of carbonyl (C=O) groups is 1. The van der Waals surface area contributed by atoms with Crippen LogP contribution in [0.2, 0.25) is 0 Å². The highest BCUT2D eigenvalue weighted by Gasteiger charge is 2.30. The zero-order valence-electron chi connectivity index (χ0n) is 14.9. The van der Waals surface area contributed by atoms with E-state index in [9.17, 15) is 4.79 Å². The zero-order valence-corrected chi connectivity index (χ0v) is 14.9. The first-order valence-electron chi connectivity index (χ1n) is 8.53. The minimum Gasteiger partial charge on any atom is -0.441 e. The van der Waals surface area contributed by atoms with Crippen molar-refractivity contribution in [3.05, 3.63) is 41.3 Å². The lowest BCUT2D eigenvalue weighted by Crippen LogP contribution is -2.34. The van der Waals surface area contributed by atoms with Crippen LogP contribution in [0, 0.1) is 13.8 Å². The van der Waals surface area contributed by atoms with Gasteiger partial charge in [-0.2, -0.15) is 0 Å². The predicted octanol–water partition coefficient (Wildman–Crippen LogP) is 2.77. The quantitative estimate of drug-likeness (QED) is 0.872. The van der Waals surface area contributed by atoms with Gasteiger partial charge in [0.1, 0.15) is 5.76 Å². The Morgan fingerprint density at radius 2 is 2.04 bits per heavy atom.